The first-order valence-electron chi connectivity index (χ1n) is 5.91. The van der Waals surface area contributed by atoms with E-state index in [2.05, 4.69) is 6.58 Å². The lowest BCUT2D eigenvalue weighted by Crippen LogP contribution is -2.23. The molecule has 0 bridgehead atoms. The van der Waals surface area contributed by atoms with Crippen LogP contribution in [0.25, 0.3) is 0 Å². The largest absolute Gasteiger partial charge is 0.372 e. The molecule has 2 rings (SSSR count). The Labute approximate surface area is 106 Å². The summed E-state index contributed by atoms with van der Waals surface area (Å²) in [4.78, 5) is 1.95. The van der Waals surface area contributed by atoms with Crippen LogP contribution >= 0.6 is 0 Å². The van der Waals surface area contributed by atoms with E-state index in [1.165, 1.54) is 6.07 Å². The van der Waals surface area contributed by atoms with Crippen molar-refractivity contribution in [3.63, 3.8) is 0 Å². The second-order valence-corrected chi connectivity index (χ2v) is 4.26. The number of anilines is 1. The summed E-state index contributed by atoms with van der Waals surface area (Å²) in [6.45, 7) is 5.57. The Morgan fingerprint density at radius 3 is 3.11 bits per heavy atom. The third-order valence-electron chi connectivity index (χ3n) is 3.01. The van der Waals surface area contributed by atoms with Gasteiger partial charge in [0.05, 0.1) is 30.0 Å². The van der Waals surface area contributed by atoms with Crippen LogP contribution in [0.2, 0.25) is 0 Å². The van der Waals surface area contributed by atoms with E-state index in [4.69, 9.17) is 10.00 Å². The zero-order valence-electron chi connectivity index (χ0n) is 10.1. The van der Waals surface area contributed by atoms with Gasteiger partial charge in [0.2, 0.25) is 0 Å². The summed E-state index contributed by atoms with van der Waals surface area (Å²) < 4.78 is 19.4. The fourth-order valence-corrected chi connectivity index (χ4v) is 2.12. The minimum absolute atomic E-state index is 0.123. The minimum atomic E-state index is -0.349. The van der Waals surface area contributed by atoms with Crippen molar-refractivity contribution >= 4 is 5.69 Å². The van der Waals surface area contributed by atoms with Gasteiger partial charge >= 0.3 is 0 Å². The van der Waals surface area contributed by atoms with Gasteiger partial charge in [0.25, 0.3) is 0 Å². The molecule has 3 nitrogen and oxygen atoms in total. The molecule has 0 spiro atoms. The maximum Gasteiger partial charge on any atom is 0.147 e. The van der Waals surface area contributed by atoms with E-state index in [9.17, 15) is 4.39 Å². The van der Waals surface area contributed by atoms with Crippen LogP contribution in [0, 0.1) is 17.1 Å². The van der Waals surface area contributed by atoms with Crippen molar-refractivity contribution in [2.24, 2.45) is 0 Å². The van der Waals surface area contributed by atoms with Gasteiger partial charge in [-0.3, -0.25) is 0 Å². The van der Waals surface area contributed by atoms with Gasteiger partial charge in [-0.15, -0.1) is 6.58 Å². The average Bonchev–Trinajstić information content (AvgIpc) is 2.84. The molecule has 94 valence electrons. The van der Waals surface area contributed by atoms with Crippen molar-refractivity contribution in [3.05, 3.63) is 42.2 Å². The number of nitriles is 1. The van der Waals surface area contributed by atoms with Gasteiger partial charge < -0.3 is 9.64 Å². The van der Waals surface area contributed by atoms with Gasteiger partial charge in [-0.25, -0.2) is 4.39 Å². The molecule has 0 N–H and O–H groups in total. The summed E-state index contributed by atoms with van der Waals surface area (Å²) in [7, 11) is 0. The van der Waals surface area contributed by atoms with Crippen LogP contribution in [0.3, 0.4) is 0 Å². The fraction of sp³-hybridized carbons (Fsp3) is 0.357. The van der Waals surface area contributed by atoms with Crippen molar-refractivity contribution in [1.29, 1.82) is 5.26 Å². The van der Waals surface area contributed by atoms with Crippen molar-refractivity contribution in [1.82, 2.24) is 0 Å². The van der Waals surface area contributed by atoms with Crippen LogP contribution < -0.4 is 4.90 Å². The normalized spacial score (nSPS) is 18.7. The van der Waals surface area contributed by atoms with Crippen molar-refractivity contribution < 1.29 is 9.13 Å². The highest BCUT2D eigenvalue weighted by molar-refractivity contribution is 5.52. The van der Waals surface area contributed by atoms with E-state index in [0.29, 0.717) is 24.4 Å². The summed E-state index contributed by atoms with van der Waals surface area (Å²) in [6.07, 6.45) is 2.72. The summed E-state index contributed by atoms with van der Waals surface area (Å²) >= 11 is 0. The Kier molecular flexibility index (Phi) is 3.96. The van der Waals surface area contributed by atoms with Crippen molar-refractivity contribution in [2.45, 2.75) is 12.5 Å². The number of halogens is 1. The molecule has 0 radical (unpaired) electrons. The molecule has 1 fully saturated rings. The zero-order valence-corrected chi connectivity index (χ0v) is 10.1. The highest BCUT2D eigenvalue weighted by Crippen LogP contribution is 2.25. The molecular weight excluding hydrogens is 231 g/mol. The van der Waals surface area contributed by atoms with E-state index < -0.39 is 0 Å². The molecule has 1 aromatic rings. The second-order valence-electron chi connectivity index (χ2n) is 4.26. The van der Waals surface area contributed by atoms with Gasteiger partial charge in [0, 0.05) is 13.1 Å². The van der Waals surface area contributed by atoms with Crippen LogP contribution in [0.4, 0.5) is 10.1 Å². The summed E-state index contributed by atoms with van der Waals surface area (Å²) in [5.41, 5.74) is 0.883. The van der Waals surface area contributed by atoms with Gasteiger partial charge in [-0.05, 0) is 24.6 Å². The molecule has 0 amide bonds. The standard InChI is InChI=1S/C14H15FN2O/c1-2-7-18-12-5-6-17(10-12)14-4-3-11(9-16)8-13(14)15/h2-4,8,12H,1,5-7,10H2. The van der Waals surface area contributed by atoms with Crippen LogP contribution in [0.1, 0.15) is 12.0 Å². The monoisotopic (exact) mass is 246 g/mol. The molecule has 0 aromatic heterocycles. The highest BCUT2D eigenvalue weighted by Gasteiger charge is 2.24. The van der Waals surface area contributed by atoms with Gasteiger partial charge in [-0.2, -0.15) is 5.26 Å². The van der Waals surface area contributed by atoms with E-state index in [1.54, 1.807) is 18.2 Å². The lowest BCUT2D eigenvalue weighted by molar-refractivity contribution is 0.0909. The third-order valence-corrected chi connectivity index (χ3v) is 3.01. The molecule has 0 aliphatic carbocycles. The molecule has 1 aromatic carbocycles. The van der Waals surface area contributed by atoms with Crippen molar-refractivity contribution in [2.75, 3.05) is 24.6 Å². The first-order valence-corrected chi connectivity index (χ1v) is 5.91. The predicted molar refractivity (Wildman–Crippen MR) is 67.9 cm³/mol. The topological polar surface area (TPSA) is 36.3 Å². The molecule has 1 heterocycles. The maximum absolute atomic E-state index is 13.8. The number of hydrogen-bond acceptors (Lipinski definition) is 3. The smallest absolute Gasteiger partial charge is 0.147 e. The zero-order chi connectivity index (χ0) is 13.0. The van der Waals surface area contributed by atoms with E-state index in [0.717, 1.165) is 13.0 Å². The van der Waals surface area contributed by atoms with Crippen LogP contribution in [-0.4, -0.2) is 25.8 Å². The summed E-state index contributed by atoms with van der Waals surface area (Å²) in [5.74, 6) is -0.349. The molecule has 1 saturated heterocycles. The molecule has 1 aliphatic heterocycles. The molecule has 4 heteroatoms. The Morgan fingerprint density at radius 1 is 1.61 bits per heavy atom. The quantitative estimate of drug-likeness (QED) is 0.766. The predicted octanol–water partition coefficient (Wildman–Crippen LogP) is 2.48. The Balaban J connectivity index is 2.05. The van der Waals surface area contributed by atoms with Crippen LogP contribution in [0.15, 0.2) is 30.9 Å². The lowest BCUT2D eigenvalue weighted by atomic mass is 10.2. The number of benzene rings is 1. The van der Waals surface area contributed by atoms with Gasteiger partial charge in [-0.1, -0.05) is 6.08 Å². The Bertz CT molecular complexity index is 481. The average molecular weight is 246 g/mol. The molecule has 1 unspecified atom stereocenters. The number of rotatable bonds is 4. The summed E-state index contributed by atoms with van der Waals surface area (Å²) in [5, 5.41) is 8.70. The summed E-state index contributed by atoms with van der Waals surface area (Å²) in [6, 6.07) is 6.49. The molecule has 0 saturated carbocycles. The van der Waals surface area contributed by atoms with Crippen LogP contribution in [-0.2, 0) is 4.74 Å². The van der Waals surface area contributed by atoms with E-state index in [-0.39, 0.29) is 11.9 Å². The SMILES string of the molecule is C=CCOC1CCN(c2ccc(C#N)cc2F)C1. The second kappa shape index (κ2) is 5.65. The number of hydrogen-bond donors (Lipinski definition) is 0. The van der Waals surface area contributed by atoms with Crippen molar-refractivity contribution in [3.8, 4) is 6.07 Å². The lowest BCUT2D eigenvalue weighted by Gasteiger charge is -2.19. The Morgan fingerprint density at radius 2 is 2.44 bits per heavy atom. The van der Waals surface area contributed by atoms with Gasteiger partial charge in [0.1, 0.15) is 5.82 Å². The molecule has 1 aliphatic rings. The maximum atomic E-state index is 13.8. The van der Waals surface area contributed by atoms with Gasteiger partial charge in [0.15, 0.2) is 0 Å². The number of ether oxygens (including phenoxy) is 1. The first kappa shape index (κ1) is 12.6. The number of nitrogens with zero attached hydrogens (tertiary/aromatic N) is 2. The Hall–Kier alpha value is -1.86. The van der Waals surface area contributed by atoms with Crippen LogP contribution in [0.5, 0.6) is 0 Å². The minimum Gasteiger partial charge on any atom is -0.372 e. The molecule has 1 atom stereocenters. The fourth-order valence-electron chi connectivity index (χ4n) is 2.12. The van der Waals surface area contributed by atoms with E-state index >= 15 is 0 Å². The third kappa shape index (κ3) is 2.69. The molecular formula is C14H15FN2O. The van der Waals surface area contributed by atoms with E-state index in [1.807, 2.05) is 11.0 Å². The highest BCUT2D eigenvalue weighted by atomic mass is 19.1. The molecule has 18 heavy (non-hydrogen) atoms. The first-order chi connectivity index (χ1) is 8.74.